The van der Waals surface area contributed by atoms with Crippen molar-refractivity contribution >= 4 is 5.78 Å². The van der Waals surface area contributed by atoms with Crippen LogP contribution in [0.3, 0.4) is 0 Å². The third-order valence-electron chi connectivity index (χ3n) is 2.82. The molecule has 0 aromatic heterocycles. The van der Waals surface area contributed by atoms with Crippen LogP contribution in [0, 0.1) is 5.92 Å². The first-order valence-corrected chi connectivity index (χ1v) is 4.26. The molecule has 0 radical (unpaired) electrons. The SMILES string of the molecule is CC(=O)C1NCC2NCCC21. The van der Waals surface area contributed by atoms with Crippen LogP contribution < -0.4 is 10.6 Å². The molecule has 2 aliphatic heterocycles. The van der Waals surface area contributed by atoms with Gasteiger partial charge in [-0.2, -0.15) is 0 Å². The summed E-state index contributed by atoms with van der Waals surface area (Å²) in [7, 11) is 0. The Kier molecular flexibility index (Phi) is 1.69. The average molecular weight is 154 g/mol. The van der Waals surface area contributed by atoms with Crippen molar-refractivity contribution in [2.24, 2.45) is 5.92 Å². The first-order chi connectivity index (χ1) is 5.29. The number of hydrogen-bond acceptors (Lipinski definition) is 3. The molecule has 0 spiro atoms. The van der Waals surface area contributed by atoms with Gasteiger partial charge in [0.25, 0.3) is 0 Å². The van der Waals surface area contributed by atoms with E-state index in [0.29, 0.717) is 17.7 Å². The average Bonchev–Trinajstić information content (AvgIpc) is 2.41. The molecule has 3 heteroatoms. The lowest BCUT2D eigenvalue weighted by atomic mass is 9.95. The molecule has 62 valence electrons. The van der Waals surface area contributed by atoms with Crippen LogP contribution in [-0.2, 0) is 4.79 Å². The lowest BCUT2D eigenvalue weighted by Crippen LogP contribution is -2.33. The monoisotopic (exact) mass is 154 g/mol. The van der Waals surface area contributed by atoms with Gasteiger partial charge in [0.15, 0.2) is 0 Å². The molecule has 11 heavy (non-hydrogen) atoms. The molecule has 3 nitrogen and oxygen atoms in total. The quantitative estimate of drug-likeness (QED) is 0.536. The number of nitrogens with one attached hydrogen (secondary N) is 2. The topological polar surface area (TPSA) is 41.1 Å². The van der Waals surface area contributed by atoms with Crippen LogP contribution >= 0.6 is 0 Å². The number of carbonyl (C=O) groups excluding carboxylic acids is 1. The molecule has 0 amide bonds. The van der Waals surface area contributed by atoms with Crippen LogP contribution in [0.25, 0.3) is 0 Å². The molecule has 0 aromatic rings. The van der Waals surface area contributed by atoms with Gasteiger partial charge in [-0.05, 0) is 25.8 Å². The molecule has 0 saturated carbocycles. The molecule has 3 unspecified atom stereocenters. The Balaban J connectivity index is 2.08. The Morgan fingerprint density at radius 1 is 1.45 bits per heavy atom. The van der Waals surface area contributed by atoms with Crippen LogP contribution in [0.15, 0.2) is 0 Å². The molecular formula is C8H14N2O. The zero-order chi connectivity index (χ0) is 7.84. The number of fused-ring (bicyclic) bond motifs is 1. The number of rotatable bonds is 1. The van der Waals surface area contributed by atoms with Crippen molar-refractivity contribution in [1.82, 2.24) is 10.6 Å². The highest BCUT2D eigenvalue weighted by Crippen LogP contribution is 2.24. The van der Waals surface area contributed by atoms with Crippen molar-refractivity contribution < 1.29 is 4.79 Å². The minimum absolute atomic E-state index is 0.134. The lowest BCUT2D eigenvalue weighted by molar-refractivity contribution is -0.119. The Morgan fingerprint density at radius 3 is 3.00 bits per heavy atom. The van der Waals surface area contributed by atoms with Gasteiger partial charge in [-0.15, -0.1) is 0 Å². The Bertz CT molecular complexity index is 181. The summed E-state index contributed by atoms with van der Waals surface area (Å²) in [5.74, 6) is 0.855. The highest BCUT2D eigenvalue weighted by atomic mass is 16.1. The Morgan fingerprint density at radius 2 is 2.27 bits per heavy atom. The van der Waals surface area contributed by atoms with E-state index in [2.05, 4.69) is 10.6 Å². The molecule has 2 saturated heterocycles. The van der Waals surface area contributed by atoms with Crippen molar-refractivity contribution in [2.75, 3.05) is 13.1 Å². The maximum absolute atomic E-state index is 11.1. The molecule has 0 aromatic carbocycles. The van der Waals surface area contributed by atoms with Crippen LogP contribution in [0.2, 0.25) is 0 Å². The zero-order valence-corrected chi connectivity index (χ0v) is 6.76. The maximum atomic E-state index is 11.1. The van der Waals surface area contributed by atoms with E-state index in [1.165, 1.54) is 0 Å². The Hall–Kier alpha value is -0.410. The van der Waals surface area contributed by atoms with E-state index in [0.717, 1.165) is 19.5 Å². The molecule has 2 fully saturated rings. The summed E-state index contributed by atoms with van der Waals surface area (Å²) in [6, 6.07) is 0.693. The first-order valence-electron chi connectivity index (χ1n) is 4.26. The normalized spacial score (nSPS) is 42.5. The summed E-state index contributed by atoms with van der Waals surface area (Å²) in [5, 5.41) is 6.63. The molecule has 2 rings (SSSR count). The van der Waals surface area contributed by atoms with Gasteiger partial charge in [-0.3, -0.25) is 4.79 Å². The van der Waals surface area contributed by atoms with Gasteiger partial charge in [-0.25, -0.2) is 0 Å². The summed E-state index contributed by atoms with van der Waals surface area (Å²) in [6.45, 7) is 3.73. The Labute approximate surface area is 66.5 Å². The summed E-state index contributed by atoms with van der Waals surface area (Å²) in [6.07, 6.45) is 1.15. The van der Waals surface area contributed by atoms with E-state index in [9.17, 15) is 4.79 Å². The van der Waals surface area contributed by atoms with E-state index < -0.39 is 0 Å². The van der Waals surface area contributed by atoms with Gasteiger partial charge in [0.1, 0.15) is 5.78 Å². The highest BCUT2D eigenvalue weighted by Gasteiger charge is 2.40. The van der Waals surface area contributed by atoms with E-state index in [-0.39, 0.29) is 6.04 Å². The van der Waals surface area contributed by atoms with Crippen LogP contribution in [0.5, 0.6) is 0 Å². The predicted molar refractivity (Wildman–Crippen MR) is 42.4 cm³/mol. The number of ketones is 1. The third-order valence-corrected chi connectivity index (χ3v) is 2.82. The zero-order valence-electron chi connectivity index (χ0n) is 6.76. The van der Waals surface area contributed by atoms with Crippen molar-refractivity contribution in [1.29, 1.82) is 0 Å². The predicted octanol–water partition coefficient (Wildman–Crippen LogP) is -0.475. The van der Waals surface area contributed by atoms with Gasteiger partial charge in [0, 0.05) is 12.6 Å². The van der Waals surface area contributed by atoms with E-state index >= 15 is 0 Å². The summed E-state index contributed by atoms with van der Waals surface area (Å²) in [4.78, 5) is 11.1. The van der Waals surface area contributed by atoms with Gasteiger partial charge < -0.3 is 10.6 Å². The largest absolute Gasteiger partial charge is 0.312 e. The van der Waals surface area contributed by atoms with E-state index in [4.69, 9.17) is 0 Å². The molecule has 0 aliphatic carbocycles. The summed E-state index contributed by atoms with van der Waals surface area (Å²) < 4.78 is 0. The fourth-order valence-corrected chi connectivity index (χ4v) is 2.26. The van der Waals surface area contributed by atoms with Gasteiger partial charge in [0.2, 0.25) is 0 Å². The van der Waals surface area contributed by atoms with Crippen LogP contribution in [0.4, 0.5) is 0 Å². The van der Waals surface area contributed by atoms with Gasteiger partial charge in [0.05, 0.1) is 6.04 Å². The van der Waals surface area contributed by atoms with Crippen molar-refractivity contribution in [3.63, 3.8) is 0 Å². The van der Waals surface area contributed by atoms with Crippen LogP contribution in [-0.4, -0.2) is 31.0 Å². The second-order valence-corrected chi connectivity index (χ2v) is 3.51. The summed E-state index contributed by atoms with van der Waals surface area (Å²) >= 11 is 0. The number of Topliss-reactive ketones (excluding diaryl/α,β-unsaturated/α-hetero) is 1. The second-order valence-electron chi connectivity index (χ2n) is 3.51. The van der Waals surface area contributed by atoms with Crippen molar-refractivity contribution in [3.05, 3.63) is 0 Å². The minimum Gasteiger partial charge on any atom is -0.312 e. The smallest absolute Gasteiger partial charge is 0.147 e. The highest BCUT2D eigenvalue weighted by molar-refractivity contribution is 5.82. The lowest BCUT2D eigenvalue weighted by Gasteiger charge is -2.13. The van der Waals surface area contributed by atoms with Gasteiger partial charge >= 0.3 is 0 Å². The fourth-order valence-electron chi connectivity index (χ4n) is 2.26. The van der Waals surface area contributed by atoms with E-state index in [1.54, 1.807) is 6.92 Å². The molecule has 3 atom stereocenters. The van der Waals surface area contributed by atoms with Crippen LogP contribution in [0.1, 0.15) is 13.3 Å². The molecule has 2 N–H and O–H groups in total. The van der Waals surface area contributed by atoms with E-state index in [1.807, 2.05) is 0 Å². The number of hydrogen-bond donors (Lipinski definition) is 2. The first kappa shape index (κ1) is 7.25. The molecule has 0 bridgehead atoms. The number of carbonyl (C=O) groups is 1. The summed E-state index contributed by atoms with van der Waals surface area (Å²) in [5.41, 5.74) is 0. The fraction of sp³-hybridized carbons (Fsp3) is 0.875. The van der Waals surface area contributed by atoms with Crippen molar-refractivity contribution in [2.45, 2.75) is 25.4 Å². The molecule has 2 aliphatic rings. The van der Waals surface area contributed by atoms with Gasteiger partial charge in [-0.1, -0.05) is 0 Å². The maximum Gasteiger partial charge on any atom is 0.147 e. The molecule has 2 heterocycles. The third kappa shape index (κ3) is 1.08. The minimum atomic E-state index is 0.134. The second kappa shape index (κ2) is 2.57. The molecular weight excluding hydrogens is 140 g/mol. The standard InChI is InChI=1S/C8H14N2O/c1-5(11)8-6-2-3-9-7(6)4-10-8/h6-10H,2-4H2,1H3. The van der Waals surface area contributed by atoms with Crippen molar-refractivity contribution in [3.8, 4) is 0 Å².